The zero-order chi connectivity index (χ0) is 21.7. The number of carbonyl (C=O) groups is 2. The van der Waals surface area contributed by atoms with Gasteiger partial charge in [-0.15, -0.1) is 12.4 Å². The summed E-state index contributed by atoms with van der Waals surface area (Å²) in [5.41, 5.74) is 1.85. The highest BCUT2D eigenvalue weighted by Gasteiger charge is 2.17. The number of aromatic hydroxyl groups is 1. The molecule has 0 radical (unpaired) electrons. The number of methoxy groups -OCH3 is 2. The summed E-state index contributed by atoms with van der Waals surface area (Å²) in [6, 6.07) is 12.3. The SMILES string of the molecule is COC(=O)Oc1cc2c(C(=O)CNC(C)Cc3ccc(OC)cc3)ccc(O)c2[nH]1.Cl. The molecule has 1 heterocycles. The van der Waals surface area contributed by atoms with Crippen LogP contribution in [-0.4, -0.2) is 48.8 Å². The minimum absolute atomic E-state index is 0. The molecule has 0 saturated carbocycles. The maximum absolute atomic E-state index is 12.8. The molecule has 0 aliphatic rings. The van der Waals surface area contributed by atoms with E-state index < -0.39 is 6.16 Å². The highest BCUT2D eigenvalue weighted by molar-refractivity contribution is 6.10. The van der Waals surface area contributed by atoms with E-state index in [0.717, 1.165) is 17.7 Å². The van der Waals surface area contributed by atoms with Gasteiger partial charge in [-0.2, -0.15) is 0 Å². The number of benzene rings is 2. The molecule has 0 amide bonds. The van der Waals surface area contributed by atoms with Gasteiger partial charge in [0.25, 0.3) is 0 Å². The summed E-state index contributed by atoms with van der Waals surface area (Å²) in [4.78, 5) is 26.9. The molecule has 1 unspecified atom stereocenters. The molecule has 0 spiro atoms. The third-order valence-corrected chi connectivity index (χ3v) is 4.72. The van der Waals surface area contributed by atoms with E-state index in [1.165, 1.54) is 19.2 Å². The molecule has 9 heteroatoms. The molecule has 31 heavy (non-hydrogen) atoms. The fraction of sp³-hybridized carbons (Fsp3) is 0.273. The van der Waals surface area contributed by atoms with E-state index in [-0.39, 0.29) is 42.4 Å². The van der Waals surface area contributed by atoms with Crippen molar-refractivity contribution < 1.29 is 28.9 Å². The second-order valence-corrected chi connectivity index (χ2v) is 6.87. The number of Topliss-reactive ketones (excluding diaryl/α,β-unsaturated/α-hetero) is 1. The van der Waals surface area contributed by atoms with Crippen LogP contribution < -0.4 is 14.8 Å². The first-order valence-corrected chi connectivity index (χ1v) is 9.41. The zero-order valence-electron chi connectivity index (χ0n) is 17.4. The topological polar surface area (TPSA) is 110 Å². The first kappa shape index (κ1) is 24.0. The summed E-state index contributed by atoms with van der Waals surface area (Å²) < 4.78 is 14.6. The van der Waals surface area contributed by atoms with Crippen molar-refractivity contribution in [2.75, 3.05) is 20.8 Å². The number of ketones is 1. The van der Waals surface area contributed by atoms with E-state index in [9.17, 15) is 14.7 Å². The lowest BCUT2D eigenvalue weighted by atomic mass is 10.0. The highest BCUT2D eigenvalue weighted by atomic mass is 35.5. The van der Waals surface area contributed by atoms with Crippen molar-refractivity contribution in [3.63, 3.8) is 0 Å². The smallest absolute Gasteiger partial charge is 0.506 e. The Morgan fingerprint density at radius 1 is 1.13 bits per heavy atom. The van der Waals surface area contributed by atoms with E-state index in [1.807, 2.05) is 31.2 Å². The number of hydrogen-bond donors (Lipinski definition) is 3. The predicted octanol–water partition coefficient (Wildman–Crippen LogP) is 3.85. The first-order chi connectivity index (χ1) is 14.4. The van der Waals surface area contributed by atoms with Gasteiger partial charge in [-0.3, -0.25) is 4.79 Å². The summed E-state index contributed by atoms with van der Waals surface area (Å²) >= 11 is 0. The number of rotatable bonds is 8. The van der Waals surface area contributed by atoms with Crippen molar-refractivity contribution in [3.8, 4) is 17.4 Å². The van der Waals surface area contributed by atoms with Crippen LogP contribution in [0, 0.1) is 0 Å². The van der Waals surface area contributed by atoms with E-state index in [0.29, 0.717) is 16.5 Å². The van der Waals surface area contributed by atoms with Gasteiger partial charge in [0.15, 0.2) is 5.78 Å². The van der Waals surface area contributed by atoms with Crippen molar-refractivity contribution in [3.05, 3.63) is 53.6 Å². The summed E-state index contributed by atoms with van der Waals surface area (Å²) in [6.07, 6.45) is -0.147. The molecule has 0 saturated heterocycles. The molecule has 0 bridgehead atoms. The molecule has 3 aromatic rings. The van der Waals surface area contributed by atoms with Crippen LogP contribution in [0.4, 0.5) is 4.79 Å². The molecule has 0 aliphatic carbocycles. The van der Waals surface area contributed by atoms with Crippen molar-refractivity contribution in [2.24, 2.45) is 0 Å². The average Bonchev–Trinajstić information content (AvgIpc) is 3.17. The van der Waals surface area contributed by atoms with Gasteiger partial charge in [-0.05, 0) is 43.2 Å². The fourth-order valence-corrected chi connectivity index (χ4v) is 3.16. The number of hydrogen-bond acceptors (Lipinski definition) is 7. The molecular formula is C22H25ClN2O6. The monoisotopic (exact) mass is 448 g/mol. The lowest BCUT2D eigenvalue weighted by Crippen LogP contribution is -2.33. The highest BCUT2D eigenvalue weighted by Crippen LogP contribution is 2.31. The van der Waals surface area contributed by atoms with E-state index in [4.69, 9.17) is 9.47 Å². The van der Waals surface area contributed by atoms with Crippen LogP contribution in [0.15, 0.2) is 42.5 Å². The molecule has 0 fully saturated rings. The Morgan fingerprint density at radius 3 is 2.48 bits per heavy atom. The lowest BCUT2D eigenvalue weighted by molar-refractivity contribution is 0.0989. The Labute approximate surface area is 185 Å². The van der Waals surface area contributed by atoms with Crippen LogP contribution in [0.5, 0.6) is 17.4 Å². The summed E-state index contributed by atoms with van der Waals surface area (Å²) in [5.74, 6) is 0.675. The van der Waals surface area contributed by atoms with Gasteiger partial charge in [-0.25, -0.2) is 4.79 Å². The van der Waals surface area contributed by atoms with Crippen LogP contribution in [0.25, 0.3) is 10.9 Å². The standard InChI is InChI=1S/C22H24N2O6.ClH/c1-13(10-14-4-6-15(28-2)7-5-14)23-12-19(26)16-8-9-18(25)21-17(16)11-20(24-21)30-22(27)29-3;/h4-9,11,13,23-25H,10,12H2,1-3H3;1H. The van der Waals surface area contributed by atoms with Gasteiger partial charge in [0.1, 0.15) is 11.5 Å². The van der Waals surface area contributed by atoms with Crippen LogP contribution in [0.1, 0.15) is 22.8 Å². The molecule has 8 nitrogen and oxygen atoms in total. The van der Waals surface area contributed by atoms with Crippen molar-refractivity contribution in [2.45, 2.75) is 19.4 Å². The third kappa shape index (κ3) is 5.90. The summed E-state index contributed by atoms with van der Waals surface area (Å²) in [6.45, 7) is 2.12. The minimum Gasteiger partial charge on any atom is -0.506 e. The Morgan fingerprint density at radius 2 is 1.84 bits per heavy atom. The fourth-order valence-electron chi connectivity index (χ4n) is 3.16. The molecule has 1 aromatic heterocycles. The Balaban J connectivity index is 0.00000341. The van der Waals surface area contributed by atoms with Gasteiger partial charge < -0.3 is 29.6 Å². The van der Waals surface area contributed by atoms with Crippen LogP contribution in [0.3, 0.4) is 0 Å². The first-order valence-electron chi connectivity index (χ1n) is 9.41. The number of nitrogens with one attached hydrogen (secondary N) is 2. The summed E-state index contributed by atoms with van der Waals surface area (Å²) in [5, 5.41) is 13.8. The normalized spacial score (nSPS) is 11.5. The van der Waals surface area contributed by atoms with Gasteiger partial charge in [0.05, 0.1) is 26.3 Å². The Bertz CT molecular complexity index is 1050. The van der Waals surface area contributed by atoms with Crippen molar-refractivity contribution in [1.82, 2.24) is 10.3 Å². The molecular weight excluding hydrogens is 424 g/mol. The molecule has 166 valence electrons. The quantitative estimate of drug-likeness (QED) is 0.354. The van der Waals surface area contributed by atoms with Crippen molar-refractivity contribution in [1.29, 1.82) is 0 Å². The number of aromatic amines is 1. The maximum Gasteiger partial charge on any atom is 0.514 e. The average molecular weight is 449 g/mol. The van der Waals surface area contributed by atoms with Crippen LogP contribution in [0.2, 0.25) is 0 Å². The van der Waals surface area contributed by atoms with Crippen molar-refractivity contribution >= 4 is 35.2 Å². The largest absolute Gasteiger partial charge is 0.514 e. The molecule has 0 aliphatic heterocycles. The Hall–Kier alpha value is -3.23. The zero-order valence-corrected chi connectivity index (χ0v) is 18.2. The van der Waals surface area contributed by atoms with Gasteiger partial charge >= 0.3 is 6.16 Å². The van der Waals surface area contributed by atoms with Gasteiger partial charge in [0.2, 0.25) is 5.88 Å². The van der Waals surface area contributed by atoms with E-state index in [1.54, 1.807) is 13.2 Å². The Kier molecular flexibility index (Phi) is 8.30. The number of fused-ring (bicyclic) bond motifs is 1. The lowest BCUT2D eigenvalue weighted by Gasteiger charge is -2.14. The van der Waals surface area contributed by atoms with E-state index >= 15 is 0 Å². The number of halogens is 1. The predicted molar refractivity (Wildman–Crippen MR) is 119 cm³/mol. The number of aromatic nitrogens is 1. The number of carbonyl (C=O) groups excluding carboxylic acids is 2. The van der Waals surface area contributed by atoms with Gasteiger partial charge in [-0.1, -0.05) is 12.1 Å². The van der Waals surface area contributed by atoms with Crippen LogP contribution in [-0.2, 0) is 11.2 Å². The second kappa shape index (κ2) is 10.7. The minimum atomic E-state index is -0.900. The molecule has 3 N–H and O–H groups in total. The summed E-state index contributed by atoms with van der Waals surface area (Å²) in [7, 11) is 2.82. The van der Waals surface area contributed by atoms with Gasteiger partial charge in [0, 0.05) is 23.1 Å². The second-order valence-electron chi connectivity index (χ2n) is 6.87. The number of ether oxygens (including phenoxy) is 3. The van der Waals surface area contributed by atoms with Crippen LogP contribution >= 0.6 is 12.4 Å². The molecule has 2 aromatic carbocycles. The number of phenolic OH excluding ortho intramolecular Hbond substituents is 1. The number of phenols is 1. The number of H-pyrrole nitrogens is 1. The third-order valence-electron chi connectivity index (χ3n) is 4.72. The van der Waals surface area contributed by atoms with E-state index in [2.05, 4.69) is 15.0 Å². The molecule has 3 rings (SSSR count). The maximum atomic E-state index is 12.8. The molecule has 1 atom stereocenters.